The van der Waals surface area contributed by atoms with Crippen molar-refractivity contribution in [3.63, 3.8) is 0 Å². The van der Waals surface area contributed by atoms with Gasteiger partial charge in [-0.05, 0) is 18.6 Å². The highest BCUT2D eigenvalue weighted by Crippen LogP contribution is 2.05. The summed E-state index contributed by atoms with van der Waals surface area (Å²) in [5, 5.41) is 2.37. The molecule has 0 bridgehead atoms. The molecule has 0 atom stereocenters. The molecule has 0 unspecified atom stereocenters. The van der Waals surface area contributed by atoms with Crippen LogP contribution in [-0.4, -0.2) is 36.1 Å². The van der Waals surface area contributed by atoms with Crippen molar-refractivity contribution in [1.29, 1.82) is 0 Å². The molecule has 2 nitrogen and oxygen atoms in total. The number of hydrogen-bond donors (Lipinski definition) is 1. The molecule has 1 heterocycles. The molecule has 1 aliphatic heterocycles. The van der Waals surface area contributed by atoms with Crippen LogP contribution in [0, 0.1) is 0 Å². The molecule has 1 fully saturated rings. The first-order chi connectivity index (χ1) is 5.93. The zero-order valence-electron chi connectivity index (χ0n) is 8.01. The molecule has 0 spiro atoms. The van der Waals surface area contributed by atoms with Crippen LogP contribution in [0.15, 0.2) is 0 Å². The topological polar surface area (TPSA) is 15.3 Å². The average Bonchev–Trinajstić information content (AvgIpc) is 2.14. The minimum Gasteiger partial charge on any atom is -0.254 e. The summed E-state index contributed by atoms with van der Waals surface area (Å²) in [6, 6.07) is 0. The molecule has 72 valence electrons. The van der Waals surface area contributed by atoms with Gasteiger partial charge in [0, 0.05) is 25.4 Å². The van der Waals surface area contributed by atoms with Crippen LogP contribution in [0.4, 0.5) is 0 Å². The van der Waals surface area contributed by atoms with Crippen molar-refractivity contribution < 1.29 is 0 Å². The van der Waals surface area contributed by atoms with Gasteiger partial charge in [-0.25, -0.2) is 5.01 Å². The van der Waals surface area contributed by atoms with Gasteiger partial charge in [-0.15, -0.1) is 0 Å². The van der Waals surface area contributed by atoms with Crippen LogP contribution in [0.25, 0.3) is 0 Å². The predicted molar refractivity (Wildman–Crippen MR) is 56.4 cm³/mol. The second-order valence-electron chi connectivity index (χ2n) is 3.15. The van der Waals surface area contributed by atoms with E-state index in [4.69, 9.17) is 0 Å². The summed E-state index contributed by atoms with van der Waals surface area (Å²) in [4.78, 5) is 0. The van der Waals surface area contributed by atoms with E-state index in [0.29, 0.717) is 0 Å². The number of hydrogen-bond acceptors (Lipinski definition) is 3. The Morgan fingerprint density at radius 2 is 2.00 bits per heavy atom. The minimum atomic E-state index is 1.14. The maximum Gasteiger partial charge on any atom is 0.0193 e. The first-order valence-electron chi connectivity index (χ1n) is 4.99. The third kappa shape index (κ3) is 4.33. The average molecular weight is 188 g/mol. The molecule has 1 aliphatic rings. The Kier molecular flexibility index (Phi) is 5.82. The number of nitrogens with zero attached hydrogens (tertiary/aromatic N) is 1. The molecular formula is C9H20N2S. The van der Waals surface area contributed by atoms with Crippen LogP contribution >= 0.6 is 11.8 Å². The molecule has 0 radical (unpaired) electrons. The van der Waals surface area contributed by atoms with E-state index in [2.05, 4.69) is 17.4 Å². The van der Waals surface area contributed by atoms with Crippen molar-refractivity contribution >= 4 is 11.8 Å². The number of nitrogens with one attached hydrogen (secondary N) is 1. The van der Waals surface area contributed by atoms with E-state index >= 15 is 0 Å². The number of piperidine rings is 1. The molecule has 1 N–H and O–H groups in total. The lowest BCUT2D eigenvalue weighted by Gasteiger charge is -2.26. The fourth-order valence-electron chi connectivity index (χ4n) is 1.47. The molecule has 0 aromatic carbocycles. The highest BCUT2D eigenvalue weighted by Gasteiger charge is 2.07. The van der Waals surface area contributed by atoms with Gasteiger partial charge in [-0.2, -0.15) is 11.8 Å². The Morgan fingerprint density at radius 1 is 1.25 bits per heavy atom. The molecule has 0 aliphatic carbocycles. The fourth-order valence-corrected chi connectivity index (χ4v) is 2.00. The van der Waals surface area contributed by atoms with Crippen LogP contribution in [0.1, 0.15) is 26.2 Å². The van der Waals surface area contributed by atoms with Gasteiger partial charge in [0.2, 0.25) is 0 Å². The van der Waals surface area contributed by atoms with E-state index in [9.17, 15) is 0 Å². The van der Waals surface area contributed by atoms with Crippen molar-refractivity contribution in [1.82, 2.24) is 10.4 Å². The smallest absolute Gasteiger partial charge is 0.0193 e. The van der Waals surface area contributed by atoms with Gasteiger partial charge < -0.3 is 0 Å². The van der Waals surface area contributed by atoms with Gasteiger partial charge in [0.15, 0.2) is 0 Å². The molecule has 0 saturated carbocycles. The number of hydrazine groups is 1. The lowest BCUT2D eigenvalue weighted by molar-refractivity contribution is 0.159. The van der Waals surface area contributed by atoms with Crippen LogP contribution in [0.2, 0.25) is 0 Å². The Labute approximate surface area is 80.1 Å². The summed E-state index contributed by atoms with van der Waals surface area (Å²) in [7, 11) is 0. The standard InChI is InChI=1S/C9H20N2S/c1-2-12-9-6-10-11-7-4-3-5-8-11/h10H,2-9H2,1H3. The van der Waals surface area contributed by atoms with E-state index in [1.54, 1.807) is 0 Å². The van der Waals surface area contributed by atoms with Crippen LogP contribution in [-0.2, 0) is 0 Å². The maximum absolute atomic E-state index is 3.47. The lowest BCUT2D eigenvalue weighted by atomic mass is 10.2. The van der Waals surface area contributed by atoms with E-state index in [1.165, 1.54) is 43.9 Å². The molecule has 0 aromatic heterocycles. The summed E-state index contributed by atoms with van der Waals surface area (Å²) >= 11 is 2.01. The summed E-state index contributed by atoms with van der Waals surface area (Å²) in [5.41, 5.74) is 3.47. The SMILES string of the molecule is CCSCCNN1CCCCC1. The molecule has 3 heteroatoms. The minimum absolute atomic E-state index is 1.14. The second kappa shape index (κ2) is 6.75. The van der Waals surface area contributed by atoms with Gasteiger partial charge in [0.25, 0.3) is 0 Å². The monoisotopic (exact) mass is 188 g/mol. The van der Waals surface area contributed by atoms with Crippen LogP contribution in [0.3, 0.4) is 0 Å². The third-order valence-corrected chi connectivity index (χ3v) is 3.04. The van der Waals surface area contributed by atoms with E-state index in [1.807, 2.05) is 11.8 Å². The van der Waals surface area contributed by atoms with Crippen molar-refractivity contribution in [3.05, 3.63) is 0 Å². The van der Waals surface area contributed by atoms with Gasteiger partial charge in [0.1, 0.15) is 0 Å². The lowest BCUT2D eigenvalue weighted by Crippen LogP contribution is -2.42. The first kappa shape index (κ1) is 10.4. The Hall–Kier alpha value is 0.270. The summed E-state index contributed by atoms with van der Waals surface area (Å²) in [6.07, 6.45) is 4.16. The van der Waals surface area contributed by atoms with Crippen molar-refractivity contribution in [2.75, 3.05) is 31.1 Å². The van der Waals surface area contributed by atoms with Crippen molar-refractivity contribution in [2.45, 2.75) is 26.2 Å². The zero-order chi connectivity index (χ0) is 8.65. The van der Waals surface area contributed by atoms with Crippen LogP contribution in [0.5, 0.6) is 0 Å². The Balaban J connectivity index is 1.91. The Morgan fingerprint density at radius 3 is 2.67 bits per heavy atom. The highest BCUT2D eigenvalue weighted by atomic mass is 32.2. The van der Waals surface area contributed by atoms with Gasteiger partial charge in [-0.3, -0.25) is 5.43 Å². The quantitative estimate of drug-likeness (QED) is 0.662. The Bertz CT molecular complexity index is 103. The van der Waals surface area contributed by atoms with Crippen molar-refractivity contribution in [2.24, 2.45) is 0 Å². The molecular weight excluding hydrogens is 168 g/mol. The van der Waals surface area contributed by atoms with Crippen LogP contribution < -0.4 is 5.43 Å². The van der Waals surface area contributed by atoms with E-state index in [0.717, 1.165) is 6.54 Å². The molecule has 1 rings (SSSR count). The third-order valence-electron chi connectivity index (χ3n) is 2.14. The normalized spacial score (nSPS) is 19.8. The van der Waals surface area contributed by atoms with Gasteiger partial charge in [0.05, 0.1) is 0 Å². The summed E-state index contributed by atoms with van der Waals surface area (Å²) in [6.45, 7) is 5.84. The van der Waals surface area contributed by atoms with Gasteiger partial charge in [-0.1, -0.05) is 13.3 Å². The zero-order valence-corrected chi connectivity index (χ0v) is 8.83. The molecule has 0 aromatic rings. The largest absolute Gasteiger partial charge is 0.254 e. The molecule has 12 heavy (non-hydrogen) atoms. The summed E-state index contributed by atoms with van der Waals surface area (Å²) < 4.78 is 0. The van der Waals surface area contributed by atoms with E-state index < -0.39 is 0 Å². The number of thioether (sulfide) groups is 1. The summed E-state index contributed by atoms with van der Waals surface area (Å²) in [5.74, 6) is 2.48. The van der Waals surface area contributed by atoms with Gasteiger partial charge >= 0.3 is 0 Å². The maximum atomic E-state index is 3.47. The van der Waals surface area contributed by atoms with Crippen molar-refractivity contribution in [3.8, 4) is 0 Å². The second-order valence-corrected chi connectivity index (χ2v) is 4.55. The number of rotatable bonds is 5. The first-order valence-corrected chi connectivity index (χ1v) is 6.15. The van der Waals surface area contributed by atoms with E-state index in [-0.39, 0.29) is 0 Å². The fraction of sp³-hybridized carbons (Fsp3) is 1.00. The molecule has 0 amide bonds. The predicted octanol–water partition coefficient (Wildman–Crippen LogP) is 1.73. The molecule has 1 saturated heterocycles. The highest BCUT2D eigenvalue weighted by molar-refractivity contribution is 7.99.